The molecule has 1 heterocycles. The molecule has 1 aliphatic rings. The minimum atomic E-state index is -5.21. The number of aliphatic hydroxyl groups is 1. The third-order valence-corrected chi connectivity index (χ3v) is 3.73. The van der Waals surface area contributed by atoms with Crippen LogP contribution < -0.4 is 15.5 Å². The van der Waals surface area contributed by atoms with E-state index in [1.54, 1.807) is 26.0 Å². The second-order valence-electron chi connectivity index (χ2n) is 5.89. The first kappa shape index (κ1) is 19.6. The van der Waals surface area contributed by atoms with Gasteiger partial charge in [0.05, 0.1) is 12.8 Å². The summed E-state index contributed by atoms with van der Waals surface area (Å²) in [6.07, 6.45) is -4.73. The molecule has 26 heavy (non-hydrogen) atoms. The van der Waals surface area contributed by atoms with E-state index in [2.05, 4.69) is 10.7 Å². The molecule has 0 saturated carbocycles. The molecule has 1 aliphatic heterocycles. The van der Waals surface area contributed by atoms with Gasteiger partial charge in [0, 0.05) is 11.8 Å². The Hall–Kier alpha value is -2.75. The van der Waals surface area contributed by atoms with Crippen LogP contribution in [-0.4, -0.2) is 40.9 Å². The van der Waals surface area contributed by atoms with Gasteiger partial charge in [0.1, 0.15) is 5.75 Å². The van der Waals surface area contributed by atoms with Gasteiger partial charge in [-0.2, -0.15) is 13.2 Å². The van der Waals surface area contributed by atoms with E-state index in [-0.39, 0.29) is 22.1 Å². The number of hydrazine groups is 1. The zero-order valence-corrected chi connectivity index (χ0v) is 14.2. The maximum atomic E-state index is 13.3. The van der Waals surface area contributed by atoms with E-state index in [1.165, 1.54) is 19.2 Å². The predicted molar refractivity (Wildman–Crippen MR) is 85.5 cm³/mol. The summed E-state index contributed by atoms with van der Waals surface area (Å²) in [5, 5.41) is 12.1. The molecule has 1 aromatic rings. The molecule has 142 valence electrons. The molecule has 0 aromatic heterocycles. The lowest BCUT2D eigenvalue weighted by atomic mass is 10.1. The Balaban J connectivity index is 2.28. The Kier molecular flexibility index (Phi) is 5.17. The number of carbonyl (C=O) groups is 2. The van der Waals surface area contributed by atoms with Crippen molar-refractivity contribution in [2.45, 2.75) is 25.7 Å². The fraction of sp³-hybridized carbons (Fsp3) is 0.375. The van der Waals surface area contributed by atoms with E-state index >= 15 is 0 Å². The van der Waals surface area contributed by atoms with Crippen molar-refractivity contribution in [2.24, 2.45) is 5.92 Å². The van der Waals surface area contributed by atoms with Crippen molar-refractivity contribution in [2.75, 3.05) is 12.4 Å². The molecule has 2 rings (SSSR count). The van der Waals surface area contributed by atoms with E-state index in [4.69, 9.17) is 4.74 Å². The molecule has 0 spiro atoms. The molecule has 10 heteroatoms. The number of halogens is 3. The van der Waals surface area contributed by atoms with E-state index < -0.39 is 29.6 Å². The van der Waals surface area contributed by atoms with Crippen LogP contribution in [0.15, 0.2) is 36.0 Å². The summed E-state index contributed by atoms with van der Waals surface area (Å²) in [4.78, 5) is 24.5. The summed E-state index contributed by atoms with van der Waals surface area (Å²) >= 11 is 0. The lowest BCUT2D eigenvalue weighted by molar-refractivity contribution is -0.288. The Morgan fingerprint density at radius 2 is 1.92 bits per heavy atom. The smallest absolute Gasteiger partial charge is 0.442 e. The second kappa shape index (κ2) is 6.87. The molecule has 0 bridgehead atoms. The third-order valence-electron chi connectivity index (χ3n) is 3.73. The van der Waals surface area contributed by atoms with Crippen molar-refractivity contribution >= 4 is 17.5 Å². The molecular weight excluding hydrogens is 355 g/mol. The normalized spacial score (nSPS) is 19.8. The minimum absolute atomic E-state index is 0.0386. The summed E-state index contributed by atoms with van der Waals surface area (Å²) in [5.41, 5.74) is -1.41. The molecule has 0 fully saturated rings. The predicted octanol–water partition coefficient (Wildman–Crippen LogP) is 1.77. The summed E-state index contributed by atoms with van der Waals surface area (Å²) in [6.45, 7) is 3.14. The Labute approximate surface area is 147 Å². The van der Waals surface area contributed by atoms with Gasteiger partial charge in [-0.15, -0.1) is 0 Å². The number of carbonyl (C=O) groups excluding carboxylic acids is 2. The number of alkyl halides is 3. The molecule has 0 unspecified atom stereocenters. The van der Waals surface area contributed by atoms with Crippen LogP contribution in [0.4, 0.5) is 18.9 Å². The van der Waals surface area contributed by atoms with Crippen LogP contribution in [0.1, 0.15) is 13.8 Å². The average molecular weight is 373 g/mol. The van der Waals surface area contributed by atoms with Gasteiger partial charge >= 0.3 is 18.0 Å². The molecule has 0 saturated heterocycles. The number of nitrogens with one attached hydrogen (secondary N) is 2. The van der Waals surface area contributed by atoms with Gasteiger partial charge in [-0.05, 0) is 18.1 Å². The van der Waals surface area contributed by atoms with Gasteiger partial charge in [0.15, 0.2) is 0 Å². The standard InChI is InChI=1S/C16H18F3N3O4/c1-9(2)11-8-15(25,16(17,18)19)22(21-11)14(24)13(23)20-10-6-4-5-7-12(10)26-3/h4-9,21,25H,1-3H3,(H,20,23)/t15-/m0/s1. The summed E-state index contributed by atoms with van der Waals surface area (Å²) < 4.78 is 45.0. The van der Waals surface area contributed by atoms with Gasteiger partial charge in [-0.1, -0.05) is 26.0 Å². The number of para-hydroxylation sites is 2. The molecule has 0 radical (unpaired) electrons. The average Bonchev–Trinajstić information content (AvgIpc) is 2.93. The van der Waals surface area contributed by atoms with Crippen molar-refractivity contribution in [1.29, 1.82) is 0 Å². The highest BCUT2D eigenvalue weighted by Gasteiger charge is 2.62. The number of ether oxygens (including phenoxy) is 1. The molecule has 1 atom stereocenters. The number of methoxy groups -OCH3 is 1. The van der Waals surface area contributed by atoms with E-state index in [0.29, 0.717) is 6.08 Å². The molecule has 3 N–H and O–H groups in total. The van der Waals surface area contributed by atoms with Crippen molar-refractivity contribution in [3.63, 3.8) is 0 Å². The van der Waals surface area contributed by atoms with Gasteiger partial charge in [0.2, 0.25) is 0 Å². The van der Waals surface area contributed by atoms with Crippen LogP contribution >= 0.6 is 0 Å². The summed E-state index contributed by atoms with van der Waals surface area (Å²) in [6, 6.07) is 6.06. The van der Waals surface area contributed by atoms with Crippen molar-refractivity contribution < 1.29 is 32.6 Å². The highest BCUT2D eigenvalue weighted by molar-refractivity contribution is 6.39. The molecule has 1 aromatic carbocycles. The number of rotatable bonds is 3. The number of hydrogen-bond donors (Lipinski definition) is 3. The first-order valence-electron chi connectivity index (χ1n) is 7.58. The SMILES string of the molecule is COc1ccccc1NC(=O)C(=O)N1NC(C(C)C)=C[C@]1(O)C(F)(F)F. The highest BCUT2D eigenvalue weighted by atomic mass is 19.4. The Morgan fingerprint density at radius 3 is 2.46 bits per heavy atom. The second-order valence-corrected chi connectivity index (χ2v) is 5.89. The molecular formula is C16H18F3N3O4. The van der Waals surface area contributed by atoms with E-state index in [1.807, 2.05) is 0 Å². The van der Waals surface area contributed by atoms with Gasteiger partial charge in [-0.25, -0.2) is 5.01 Å². The monoisotopic (exact) mass is 373 g/mol. The number of hydrogen-bond acceptors (Lipinski definition) is 5. The van der Waals surface area contributed by atoms with Crippen molar-refractivity contribution in [3.8, 4) is 5.75 Å². The zero-order chi connectivity index (χ0) is 19.7. The highest BCUT2D eigenvalue weighted by Crippen LogP contribution is 2.39. The minimum Gasteiger partial charge on any atom is -0.495 e. The maximum Gasteiger partial charge on any atom is 0.442 e. The lowest BCUT2D eigenvalue weighted by Crippen LogP contribution is -2.62. The number of amides is 2. The van der Waals surface area contributed by atoms with E-state index in [0.717, 1.165) is 0 Å². The number of benzene rings is 1. The quantitative estimate of drug-likeness (QED) is 0.703. The van der Waals surface area contributed by atoms with Gasteiger partial charge < -0.3 is 15.2 Å². The maximum absolute atomic E-state index is 13.3. The Morgan fingerprint density at radius 1 is 1.31 bits per heavy atom. The van der Waals surface area contributed by atoms with Crippen LogP contribution in [0.3, 0.4) is 0 Å². The third kappa shape index (κ3) is 3.45. The number of anilines is 1. The molecule has 7 nitrogen and oxygen atoms in total. The van der Waals surface area contributed by atoms with Crippen LogP contribution in [-0.2, 0) is 9.59 Å². The Bertz CT molecular complexity index is 749. The van der Waals surface area contributed by atoms with Crippen molar-refractivity contribution in [3.05, 3.63) is 36.0 Å². The fourth-order valence-electron chi connectivity index (χ4n) is 2.26. The van der Waals surface area contributed by atoms with E-state index in [9.17, 15) is 27.9 Å². The van der Waals surface area contributed by atoms with Crippen LogP contribution in [0.25, 0.3) is 0 Å². The first-order valence-corrected chi connectivity index (χ1v) is 7.58. The number of allylic oxidation sites excluding steroid dienone is 1. The summed E-state index contributed by atoms with van der Waals surface area (Å²) in [5.74, 6) is -3.21. The zero-order valence-electron chi connectivity index (χ0n) is 14.2. The van der Waals surface area contributed by atoms with Crippen molar-refractivity contribution in [1.82, 2.24) is 10.4 Å². The van der Waals surface area contributed by atoms with Crippen LogP contribution in [0, 0.1) is 5.92 Å². The fourth-order valence-corrected chi connectivity index (χ4v) is 2.26. The molecule has 2 amide bonds. The molecule has 0 aliphatic carbocycles. The largest absolute Gasteiger partial charge is 0.495 e. The first-order chi connectivity index (χ1) is 12.0. The number of nitrogens with zero attached hydrogens (tertiary/aromatic N) is 1. The topological polar surface area (TPSA) is 90.9 Å². The summed E-state index contributed by atoms with van der Waals surface area (Å²) in [7, 11) is 1.33. The van der Waals surface area contributed by atoms with Crippen LogP contribution in [0.5, 0.6) is 5.75 Å². The lowest BCUT2D eigenvalue weighted by Gasteiger charge is -2.33. The van der Waals surface area contributed by atoms with Gasteiger partial charge in [-0.3, -0.25) is 15.0 Å². The van der Waals surface area contributed by atoms with Gasteiger partial charge in [0.25, 0.3) is 5.72 Å². The van der Waals surface area contributed by atoms with Crippen LogP contribution in [0.2, 0.25) is 0 Å².